The predicted octanol–water partition coefficient (Wildman–Crippen LogP) is 2.58. The molecule has 132 valence electrons. The standard InChI is InChI=1S/C9H6N2O2.C8H12O4/c1-7-2-3-8(10-5-12)4-9(7)11-6-13;9-7-3-1-2-4-8(10)12-6-5-11-7/h2-4H,1H3;1-6H2. The molecule has 8 nitrogen and oxygen atoms in total. The number of rotatable bonds is 2. The van der Waals surface area contributed by atoms with Gasteiger partial charge in [-0.25, -0.2) is 9.59 Å². The van der Waals surface area contributed by atoms with Crippen molar-refractivity contribution < 1.29 is 28.7 Å². The summed E-state index contributed by atoms with van der Waals surface area (Å²) in [5.41, 5.74) is 1.72. The second-order valence-corrected chi connectivity index (χ2v) is 5.03. The molecule has 0 radical (unpaired) electrons. The average Bonchev–Trinajstić information content (AvgIpc) is 2.60. The van der Waals surface area contributed by atoms with E-state index in [-0.39, 0.29) is 25.2 Å². The lowest BCUT2D eigenvalue weighted by Gasteiger charge is -2.08. The number of cyclic esters (lactones) is 2. The smallest absolute Gasteiger partial charge is 0.305 e. The molecule has 0 saturated carbocycles. The molecule has 25 heavy (non-hydrogen) atoms. The van der Waals surface area contributed by atoms with Crippen molar-refractivity contribution in [1.82, 2.24) is 0 Å². The average molecular weight is 346 g/mol. The summed E-state index contributed by atoms with van der Waals surface area (Å²) in [5.74, 6) is -0.402. The Morgan fingerprint density at radius 2 is 1.48 bits per heavy atom. The van der Waals surface area contributed by atoms with Gasteiger partial charge in [-0.05, 0) is 37.5 Å². The molecular weight excluding hydrogens is 328 g/mol. The third-order valence-electron chi connectivity index (χ3n) is 3.15. The van der Waals surface area contributed by atoms with Gasteiger partial charge in [-0.2, -0.15) is 9.98 Å². The summed E-state index contributed by atoms with van der Waals surface area (Å²) in [6, 6.07) is 4.88. The van der Waals surface area contributed by atoms with Crippen molar-refractivity contribution >= 4 is 35.5 Å². The van der Waals surface area contributed by atoms with E-state index in [9.17, 15) is 19.2 Å². The maximum absolute atomic E-state index is 10.8. The summed E-state index contributed by atoms with van der Waals surface area (Å²) >= 11 is 0. The Bertz CT molecular complexity index is 667. The van der Waals surface area contributed by atoms with Crippen LogP contribution in [0.5, 0.6) is 0 Å². The monoisotopic (exact) mass is 346 g/mol. The van der Waals surface area contributed by atoms with Gasteiger partial charge in [-0.3, -0.25) is 9.59 Å². The Morgan fingerprint density at radius 3 is 2.00 bits per heavy atom. The Kier molecular flexibility index (Phi) is 9.15. The van der Waals surface area contributed by atoms with E-state index in [2.05, 4.69) is 9.98 Å². The first-order valence-corrected chi connectivity index (χ1v) is 7.64. The van der Waals surface area contributed by atoms with E-state index in [1.165, 1.54) is 18.2 Å². The first-order chi connectivity index (χ1) is 12.1. The molecular formula is C17H18N2O6. The van der Waals surface area contributed by atoms with Crippen LogP contribution < -0.4 is 0 Å². The zero-order valence-electron chi connectivity index (χ0n) is 13.8. The normalized spacial score (nSPS) is 14.4. The highest BCUT2D eigenvalue weighted by atomic mass is 16.6. The minimum Gasteiger partial charge on any atom is -0.462 e. The number of nitrogens with zero attached hydrogens (tertiary/aromatic N) is 2. The van der Waals surface area contributed by atoms with E-state index in [0.717, 1.165) is 5.56 Å². The van der Waals surface area contributed by atoms with Crippen molar-refractivity contribution in [2.75, 3.05) is 13.2 Å². The van der Waals surface area contributed by atoms with Gasteiger partial charge in [0.05, 0.1) is 11.4 Å². The Labute approximate surface area is 144 Å². The second-order valence-electron chi connectivity index (χ2n) is 5.03. The van der Waals surface area contributed by atoms with Crippen LogP contribution in [0, 0.1) is 6.92 Å². The van der Waals surface area contributed by atoms with Crippen molar-refractivity contribution in [2.24, 2.45) is 9.98 Å². The number of esters is 2. The first kappa shape index (κ1) is 20.0. The molecule has 1 fully saturated rings. The van der Waals surface area contributed by atoms with E-state index in [1.807, 2.05) is 0 Å². The fourth-order valence-corrected chi connectivity index (χ4v) is 1.88. The van der Waals surface area contributed by atoms with Gasteiger partial charge < -0.3 is 9.47 Å². The van der Waals surface area contributed by atoms with Crippen LogP contribution in [-0.2, 0) is 28.7 Å². The third kappa shape index (κ3) is 8.37. The van der Waals surface area contributed by atoms with Crippen LogP contribution in [0.3, 0.4) is 0 Å². The van der Waals surface area contributed by atoms with Crippen LogP contribution in [0.2, 0.25) is 0 Å². The summed E-state index contributed by atoms with van der Waals surface area (Å²) in [4.78, 5) is 48.4. The van der Waals surface area contributed by atoms with Crippen LogP contribution >= 0.6 is 0 Å². The number of aryl methyl sites for hydroxylation is 1. The zero-order chi connectivity index (χ0) is 18.5. The van der Waals surface area contributed by atoms with Crippen molar-refractivity contribution in [2.45, 2.75) is 32.6 Å². The van der Waals surface area contributed by atoms with Gasteiger partial charge in [-0.1, -0.05) is 6.07 Å². The van der Waals surface area contributed by atoms with Gasteiger partial charge in [0.2, 0.25) is 12.2 Å². The molecule has 0 amide bonds. The van der Waals surface area contributed by atoms with Crippen molar-refractivity contribution in [3.63, 3.8) is 0 Å². The number of benzene rings is 1. The van der Waals surface area contributed by atoms with Gasteiger partial charge in [0.1, 0.15) is 13.2 Å². The van der Waals surface area contributed by atoms with Gasteiger partial charge in [0.15, 0.2) is 0 Å². The van der Waals surface area contributed by atoms with Gasteiger partial charge >= 0.3 is 11.9 Å². The van der Waals surface area contributed by atoms with Crippen LogP contribution in [0.25, 0.3) is 0 Å². The molecule has 1 aromatic rings. The minimum atomic E-state index is -0.201. The molecule has 8 heteroatoms. The zero-order valence-corrected chi connectivity index (χ0v) is 13.8. The lowest BCUT2D eigenvalue weighted by atomic mass is 10.2. The summed E-state index contributed by atoms with van der Waals surface area (Å²) in [6.45, 7) is 2.17. The first-order valence-electron chi connectivity index (χ1n) is 7.64. The largest absolute Gasteiger partial charge is 0.462 e. The highest BCUT2D eigenvalue weighted by molar-refractivity contribution is 5.71. The second kappa shape index (κ2) is 11.5. The molecule has 1 saturated heterocycles. The van der Waals surface area contributed by atoms with Crippen molar-refractivity contribution in [3.05, 3.63) is 23.8 Å². The van der Waals surface area contributed by atoms with Gasteiger partial charge in [-0.15, -0.1) is 0 Å². The summed E-state index contributed by atoms with van der Waals surface area (Å²) < 4.78 is 9.50. The molecule has 0 N–H and O–H groups in total. The molecule has 1 aliphatic rings. The lowest BCUT2D eigenvalue weighted by Crippen LogP contribution is -2.15. The summed E-state index contributed by atoms with van der Waals surface area (Å²) in [7, 11) is 0. The maximum Gasteiger partial charge on any atom is 0.305 e. The number of hydrogen-bond donors (Lipinski definition) is 0. The number of carbonyl (C=O) groups excluding carboxylic acids is 4. The van der Waals surface area contributed by atoms with E-state index in [4.69, 9.17) is 9.47 Å². The van der Waals surface area contributed by atoms with Crippen LogP contribution in [0.1, 0.15) is 31.2 Å². The maximum atomic E-state index is 10.8. The molecule has 0 bridgehead atoms. The third-order valence-corrected chi connectivity index (χ3v) is 3.15. The SMILES string of the molecule is Cc1ccc(N=C=O)cc1N=C=O.O=C1CCCCC(=O)OCCO1. The highest BCUT2D eigenvalue weighted by Gasteiger charge is 2.08. The fraction of sp³-hybridized carbons (Fsp3) is 0.412. The number of ether oxygens (including phenoxy) is 2. The van der Waals surface area contributed by atoms with Crippen LogP contribution in [0.4, 0.5) is 11.4 Å². The van der Waals surface area contributed by atoms with Crippen molar-refractivity contribution in [3.8, 4) is 0 Å². The molecule has 1 aromatic carbocycles. The molecule has 1 aliphatic heterocycles. The predicted molar refractivity (Wildman–Crippen MR) is 87.1 cm³/mol. The Morgan fingerprint density at radius 1 is 0.920 bits per heavy atom. The number of isocyanates is 2. The molecule has 1 heterocycles. The Balaban J connectivity index is 0.000000251. The lowest BCUT2D eigenvalue weighted by molar-refractivity contribution is -0.153. The molecule has 0 unspecified atom stereocenters. The van der Waals surface area contributed by atoms with Crippen molar-refractivity contribution in [1.29, 1.82) is 0 Å². The quantitative estimate of drug-likeness (QED) is 0.462. The molecule has 0 spiro atoms. The van der Waals surface area contributed by atoms with E-state index >= 15 is 0 Å². The molecule has 2 rings (SSSR count). The summed E-state index contributed by atoms with van der Waals surface area (Å²) in [5, 5.41) is 0. The molecule has 0 aliphatic carbocycles. The Hall–Kier alpha value is -3.08. The minimum absolute atomic E-state index is 0.185. The van der Waals surface area contributed by atoms with Crippen LogP contribution in [-0.4, -0.2) is 37.3 Å². The number of carbonyl (C=O) groups is 2. The van der Waals surface area contributed by atoms with Gasteiger partial charge in [0.25, 0.3) is 0 Å². The van der Waals surface area contributed by atoms with E-state index in [0.29, 0.717) is 37.1 Å². The fourth-order valence-electron chi connectivity index (χ4n) is 1.88. The topological polar surface area (TPSA) is 111 Å². The van der Waals surface area contributed by atoms with Crippen LogP contribution in [0.15, 0.2) is 28.2 Å². The summed E-state index contributed by atoms with van der Waals surface area (Å²) in [6.07, 6.45) is 5.06. The number of aliphatic imine (C=N–C) groups is 2. The van der Waals surface area contributed by atoms with Gasteiger partial charge in [0, 0.05) is 12.8 Å². The molecule has 0 atom stereocenters. The van der Waals surface area contributed by atoms with E-state index in [1.54, 1.807) is 19.1 Å². The molecule has 0 aromatic heterocycles. The highest BCUT2D eigenvalue weighted by Crippen LogP contribution is 2.23. The van der Waals surface area contributed by atoms with E-state index < -0.39 is 0 Å². The number of hydrogen-bond acceptors (Lipinski definition) is 8.